The minimum Gasteiger partial charge on any atom is -0.308 e. The monoisotopic (exact) mass is 379 g/mol. The van der Waals surface area contributed by atoms with Crippen LogP contribution in [0.15, 0.2) is 4.47 Å². The number of hydrogen-bond acceptors (Lipinski definition) is 2. The van der Waals surface area contributed by atoms with Crippen LogP contribution in [0.4, 0.5) is 0 Å². The lowest BCUT2D eigenvalue weighted by Crippen LogP contribution is -2.33. The van der Waals surface area contributed by atoms with Gasteiger partial charge in [-0.15, -0.1) is 0 Å². The lowest BCUT2D eigenvalue weighted by Gasteiger charge is -2.19. The normalized spacial score (nSPS) is 14.8. The van der Waals surface area contributed by atoms with E-state index in [1.165, 1.54) is 5.69 Å². The summed E-state index contributed by atoms with van der Waals surface area (Å²) in [4.78, 5) is 0. The molecular formula is C13H23Br2N3. The highest BCUT2D eigenvalue weighted by Gasteiger charge is 2.16. The Bertz CT molecular complexity index is 377. The topological polar surface area (TPSA) is 29.9 Å². The molecule has 1 heterocycles. The van der Waals surface area contributed by atoms with E-state index in [0.29, 0.717) is 12.0 Å². The molecule has 3 nitrogen and oxygen atoms in total. The number of alkyl halides is 1. The predicted octanol–water partition coefficient (Wildman–Crippen LogP) is 3.74. The minimum atomic E-state index is 0.488. The lowest BCUT2D eigenvalue weighted by molar-refractivity contribution is 0.423. The molecule has 1 aromatic rings. The van der Waals surface area contributed by atoms with Gasteiger partial charge in [-0.2, -0.15) is 5.10 Å². The predicted molar refractivity (Wildman–Crippen MR) is 84.2 cm³/mol. The van der Waals surface area contributed by atoms with Crippen molar-refractivity contribution in [3.63, 3.8) is 0 Å². The van der Waals surface area contributed by atoms with E-state index >= 15 is 0 Å². The molecule has 0 aromatic carbocycles. The summed E-state index contributed by atoms with van der Waals surface area (Å²) >= 11 is 7.21. The molecule has 0 saturated carbocycles. The maximum Gasteiger partial charge on any atom is 0.0767 e. The Morgan fingerprint density at radius 3 is 2.50 bits per heavy atom. The van der Waals surface area contributed by atoms with E-state index in [4.69, 9.17) is 0 Å². The van der Waals surface area contributed by atoms with Crippen molar-refractivity contribution in [2.24, 2.45) is 5.92 Å². The molecule has 0 spiro atoms. The molecule has 0 aliphatic rings. The fourth-order valence-corrected chi connectivity index (χ4v) is 3.04. The van der Waals surface area contributed by atoms with Crippen LogP contribution in [0.1, 0.15) is 39.1 Å². The van der Waals surface area contributed by atoms with Gasteiger partial charge >= 0.3 is 0 Å². The van der Waals surface area contributed by atoms with Gasteiger partial charge in [-0.05, 0) is 42.1 Å². The van der Waals surface area contributed by atoms with Crippen LogP contribution in [0.5, 0.6) is 0 Å². The molecule has 2 unspecified atom stereocenters. The fourth-order valence-electron chi connectivity index (χ4n) is 1.78. The molecule has 0 fully saturated rings. The Morgan fingerprint density at radius 2 is 2.00 bits per heavy atom. The maximum absolute atomic E-state index is 4.61. The van der Waals surface area contributed by atoms with Gasteiger partial charge in [0.15, 0.2) is 0 Å². The van der Waals surface area contributed by atoms with Crippen molar-refractivity contribution < 1.29 is 0 Å². The van der Waals surface area contributed by atoms with E-state index in [0.717, 1.165) is 35.0 Å². The Morgan fingerprint density at radius 1 is 1.33 bits per heavy atom. The van der Waals surface area contributed by atoms with Crippen molar-refractivity contribution >= 4 is 31.9 Å². The SMILES string of the molecule is CCc1nn(CC)c(CNC(C)C(C)CBr)c1Br. The molecular weight excluding hydrogens is 358 g/mol. The molecule has 0 aliphatic heterocycles. The summed E-state index contributed by atoms with van der Waals surface area (Å²) in [6.45, 7) is 10.5. The van der Waals surface area contributed by atoms with Crippen LogP contribution in [-0.2, 0) is 19.5 Å². The third-order valence-corrected chi connectivity index (χ3v) is 5.32. The summed E-state index contributed by atoms with van der Waals surface area (Å²) in [7, 11) is 0. The Hall–Kier alpha value is 0.130. The molecule has 5 heteroatoms. The van der Waals surface area contributed by atoms with Crippen LogP contribution in [0, 0.1) is 5.92 Å². The van der Waals surface area contributed by atoms with Gasteiger partial charge in [0.1, 0.15) is 0 Å². The number of nitrogens with zero attached hydrogens (tertiary/aromatic N) is 2. The average molecular weight is 381 g/mol. The summed E-state index contributed by atoms with van der Waals surface area (Å²) in [5.41, 5.74) is 2.40. The molecule has 18 heavy (non-hydrogen) atoms. The van der Waals surface area contributed by atoms with Crippen LogP contribution in [-0.4, -0.2) is 21.2 Å². The van der Waals surface area contributed by atoms with Crippen molar-refractivity contribution in [3.8, 4) is 0 Å². The van der Waals surface area contributed by atoms with Gasteiger partial charge in [-0.3, -0.25) is 4.68 Å². The number of aromatic nitrogens is 2. The number of halogens is 2. The largest absolute Gasteiger partial charge is 0.308 e. The first kappa shape index (κ1) is 16.2. The molecule has 0 amide bonds. The first-order valence-electron chi connectivity index (χ1n) is 6.58. The smallest absolute Gasteiger partial charge is 0.0767 e. The molecule has 0 saturated heterocycles. The Balaban J connectivity index is 2.74. The van der Waals surface area contributed by atoms with Crippen LogP contribution in [0.2, 0.25) is 0 Å². The maximum atomic E-state index is 4.61. The molecule has 1 N–H and O–H groups in total. The summed E-state index contributed by atoms with van der Waals surface area (Å²) in [5.74, 6) is 0.618. The highest BCUT2D eigenvalue weighted by molar-refractivity contribution is 9.10. The van der Waals surface area contributed by atoms with E-state index < -0.39 is 0 Å². The van der Waals surface area contributed by atoms with Crippen molar-refractivity contribution in [3.05, 3.63) is 15.9 Å². The number of aryl methyl sites for hydroxylation is 2. The molecule has 1 rings (SSSR count). The fraction of sp³-hybridized carbons (Fsp3) is 0.769. The van der Waals surface area contributed by atoms with Crippen molar-refractivity contribution in [1.82, 2.24) is 15.1 Å². The molecule has 0 radical (unpaired) electrons. The number of nitrogens with one attached hydrogen (secondary N) is 1. The Labute approximate surface area is 127 Å². The molecule has 2 atom stereocenters. The van der Waals surface area contributed by atoms with Gasteiger partial charge in [0.2, 0.25) is 0 Å². The van der Waals surface area contributed by atoms with E-state index in [2.05, 4.69) is 74.7 Å². The summed E-state index contributed by atoms with van der Waals surface area (Å²) in [6, 6.07) is 0.488. The lowest BCUT2D eigenvalue weighted by atomic mass is 10.1. The summed E-state index contributed by atoms with van der Waals surface area (Å²) < 4.78 is 3.25. The molecule has 0 aliphatic carbocycles. The van der Waals surface area contributed by atoms with Gasteiger partial charge in [0.05, 0.1) is 15.9 Å². The molecule has 1 aromatic heterocycles. The van der Waals surface area contributed by atoms with Gasteiger partial charge in [-0.25, -0.2) is 0 Å². The summed E-state index contributed by atoms with van der Waals surface area (Å²) in [6.07, 6.45) is 0.966. The van der Waals surface area contributed by atoms with Gasteiger partial charge in [0.25, 0.3) is 0 Å². The van der Waals surface area contributed by atoms with Crippen LogP contribution >= 0.6 is 31.9 Å². The third kappa shape index (κ3) is 3.81. The van der Waals surface area contributed by atoms with E-state index in [1.54, 1.807) is 0 Å². The number of rotatable bonds is 7. The molecule has 104 valence electrons. The van der Waals surface area contributed by atoms with Crippen molar-refractivity contribution in [2.75, 3.05) is 5.33 Å². The minimum absolute atomic E-state index is 0.488. The second-order valence-electron chi connectivity index (χ2n) is 4.68. The second kappa shape index (κ2) is 7.65. The van der Waals surface area contributed by atoms with E-state index in [1.807, 2.05) is 0 Å². The van der Waals surface area contributed by atoms with Gasteiger partial charge < -0.3 is 5.32 Å². The van der Waals surface area contributed by atoms with Crippen molar-refractivity contribution in [2.45, 2.75) is 53.2 Å². The standard InChI is InChI=1S/C13H23Br2N3/c1-5-11-13(15)12(18(6-2)17-11)8-16-10(4)9(3)7-14/h9-10,16H,5-8H2,1-4H3. The zero-order valence-electron chi connectivity index (χ0n) is 11.6. The highest BCUT2D eigenvalue weighted by Crippen LogP contribution is 2.22. The number of hydrogen-bond donors (Lipinski definition) is 1. The van der Waals surface area contributed by atoms with Crippen LogP contribution in [0.3, 0.4) is 0 Å². The van der Waals surface area contributed by atoms with E-state index in [-0.39, 0.29) is 0 Å². The Kier molecular flexibility index (Phi) is 6.88. The zero-order valence-corrected chi connectivity index (χ0v) is 14.8. The quantitative estimate of drug-likeness (QED) is 0.730. The van der Waals surface area contributed by atoms with Crippen molar-refractivity contribution in [1.29, 1.82) is 0 Å². The first-order chi connectivity index (χ1) is 8.54. The third-order valence-electron chi connectivity index (χ3n) is 3.38. The second-order valence-corrected chi connectivity index (χ2v) is 6.12. The highest BCUT2D eigenvalue weighted by atomic mass is 79.9. The summed E-state index contributed by atoms with van der Waals surface area (Å²) in [5, 5.41) is 9.22. The van der Waals surface area contributed by atoms with E-state index in [9.17, 15) is 0 Å². The van der Waals surface area contributed by atoms with Crippen LogP contribution < -0.4 is 5.32 Å². The van der Waals surface area contributed by atoms with Gasteiger partial charge in [0, 0.05) is 24.5 Å². The average Bonchev–Trinajstić information content (AvgIpc) is 2.70. The zero-order chi connectivity index (χ0) is 13.7. The van der Waals surface area contributed by atoms with Crippen LogP contribution in [0.25, 0.3) is 0 Å². The first-order valence-corrected chi connectivity index (χ1v) is 8.49. The molecule has 0 bridgehead atoms. The van der Waals surface area contributed by atoms with Gasteiger partial charge in [-0.1, -0.05) is 29.8 Å².